The van der Waals surface area contributed by atoms with Gasteiger partial charge in [0.2, 0.25) is 0 Å². The molecule has 0 aliphatic rings. The van der Waals surface area contributed by atoms with E-state index in [1.807, 2.05) is 30.5 Å². The zero-order valence-electron chi connectivity index (χ0n) is 10.1. The molecule has 0 saturated heterocycles. The summed E-state index contributed by atoms with van der Waals surface area (Å²) >= 11 is 0. The molecule has 0 unspecified atom stereocenters. The maximum absolute atomic E-state index is 8.69. The molecule has 92 valence electrons. The fourth-order valence-corrected chi connectivity index (χ4v) is 1.79. The lowest BCUT2D eigenvalue weighted by atomic mass is 10.2. The first-order valence-corrected chi connectivity index (χ1v) is 5.89. The molecule has 18 heavy (non-hydrogen) atoms. The number of aromatic nitrogens is 1. The van der Waals surface area contributed by atoms with E-state index in [2.05, 4.69) is 16.0 Å². The first-order chi connectivity index (χ1) is 8.88. The monoisotopic (exact) mass is 241 g/mol. The summed E-state index contributed by atoms with van der Waals surface area (Å²) in [5.41, 5.74) is 1.14. The molecule has 0 fully saturated rings. The normalized spacial score (nSPS) is 10.4. The Morgan fingerprint density at radius 3 is 2.89 bits per heavy atom. The van der Waals surface area contributed by atoms with E-state index in [1.165, 1.54) is 0 Å². The Labute approximate surface area is 106 Å². The van der Waals surface area contributed by atoms with Gasteiger partial charge in [-0.3, -0.25) is 9.88 Å². The highest BCUT2D eigenvalue weighted by atomic mass is 16.3. The zero-order chi connectivity index (χ0) is 12.6. The number of pyridine rings is 1. The van der Waals surface area contributed by atoms with Gasteiger partial charge in [0, 0.05) is 31.9 Å². The van der Waals surface area contributed by atoms with E-state index in [0.717, 1.165) is 24.4 Å². The van der Waals surface area contributed by atoms with Crippen LogP contribution in [0, 0.1) is 11.3 Å². The van der Waals surface area contributed by atoms with Crippen LogP contribution in [0.15, 0.2) is 47.3 Å². The Kier molecular flexibility index (Phi) is 4.51. The molecule has 2 aromatic rings. The van der Waals surface area contributed by atoms with Crippen LogP contribution in [0.2, 0.25) is 0 Å². The van der Waals surface area contributed by atoms with Gasteiger partial charge in [-0.25, -0.2) is 0 Å². The van der Waals surface area contributed by atoms with Gasteiger partial charge in [-0.1, -0.05) is 6.07 Å². The minimum atomic E-state index is 0.515. The summed E-state index contributed by atoms with van der Waals surface area (Å²) in [6.07, 6.45) is 5.79. The summed E-state index contributed by atoms with van der Waals surface area (Å²) in [4.78, 5) is 6.28. The van der Waals surface area contributed by atoms with E-state index < -0.39 is 0 Å². The van der Waals surface area contributed by atoms with Gasteiger partial charge in [0.15, 0.2) is 0 Å². The van der Waals surface area contributed by atoms with Crippen LogP contribution in [-0.4, -0.2) is 16.4 Å². The zero-order valence-corrected chi connectivity index (χ0v) is 10.1. The topological polar surface area (TPSA) is 53.1 Å². The number of furan rings is 1. The molecule has 0 aromatic carbocycles. The second-order valence-corrected chi connectivity index (χ2v) is 4.06. The summed E-state index contributed by atoms with van der Waals surface area (Å²) in [6.45, 7) is 2.21. The van der Waals surface area contributed by atoms with Gasteiger partial charge in [0.25, 0.3) is 0 Å². The van der Waals surface area contributed by atoms with Crippen molar-refractivity contribution in [1.29, 1.82) is 5.26 Å². The van der Waals surface area contributed by atoms with Crippen LogP contribution < -0.4 is 0 Å². The van der Waals surface area contributed by atoms with Crippen molar-refractivity contribution in [3.05, 3.63) is 54.2 Å². The van der Waals surface area contributed by atoms with Crippen LogP contribution in [0.5, 0.6) is 0 Å². The molecule has 4 heteroatoms. The van der Waals surface area contributed by atoms with Gasteiger partial charge in [-0.2, -0.15) is 5.26 Å². The highest BCUT2D eigenvalue weighted by Crippen LogP contribution is 2.10. The van der Waals surface area contributed by atoms with Crippen molar-refractivity contribution in [3.8, 4) is 6.07 Å². The predicted molar refractivity (Wildman–Crippen MR) is 67.3 cm³/mol. The molecule has 0 aliphatic carbocycles. The standard InChI is InChI=1S/C14H15N3O/c15-6-3-8-17(12-14-5-2-9-18-14)11-13-4-1-7-16-10-13/h1-2,4-5,7,9-10H,3,8,11-12H2. The van der Waals surface area contributed by atoms with Crippen LogP contribution in [0.4, 0.5) is 0 Å². The first-order valence-electron chi connectivity index (χ1n) is 5.89. The minimum absolute atomic E-state index is 0.515. The lowest BCUT2D eigenvalue weighted by Gasteiger charge is -2.19. The number of rotatable bonds is 6. The van der Waals surface area contributed by atoms with Gasteiger partial charge in [0.1, 0.15) is 5.76 Å². The molecule has 4 nitrogen and oxygen atoms in total. The van der Waals surface area contributed by atoms with Crippen LogP contribution in [0.1, 0.15) is 17.7 Å². The number of nitriles is 1. The third-order valence-electron chi connectivity index (χ3n) is 2.63. The molecule has 0 amide bonds. The van der Waals surface area contributed by atoms with Crippen molar-refractivity contribution in [2.75, 3.05) is 6.54 Å². The summed E-state index contributed by atoms with van der Waals surface area (Å²) in [5.74, 6) is 0.914. The third-order valence-corrected chi connectivity index (χ3v) is 2.63. The third kappa shape index (κ3) is 3.72. The average Bonchev–Trinajstić information content (AvgIpc) is 2.90. The van der Waals surface area contributed by atoms with Crippen molar-refractivity contribution >= 4 is 0 Å². The van der Waals surface area contributed by atoms with E-state index in [1.54, 1.807) is 12.5 Å². The maximum atomic E-state index is 8.69. The van der Waals surface area contributed by atoms with Gasteiger partial charge < -0.3 is 4.42 Å². The molecule has 0 bridgehead atoms. The summed E-state index contributed by atoms with van der Waals surface area (Å²) < 4.78 is 5.34. The minimum Gasteiger partial charge on any atom is -0.468 e. The first kappa shape index (κ1) is 12.3. The van der Waals surface area contributed by atoms with Gasteiger partial charge in [-0.05, 0) is 23.8 Å². The smallest absolute Gasteiger partial charge is 0.117 e. The second kappa shape index (κ2) is 6.58. The molecule has 0 aliphatic heterocycles. The number of hydrogen-bond donors (Lipinski definition) is 0. The van der Waals surface area contributed by atoms with E-state index in [-0.39, 0.29) is 0 Å². The lowest BCUT2D eigenvalue weighted by molar-refractivity contribution is 0.240. The quantitative estimate of drug-likeness (QED) is 0.780. The molecule has 0 saturated carbocycles. The van der Waals surface area contributed by atoms with Crippen molar-refractivity contribution in [3.63, 3.8) is 0 Å². The van der Waals surface area contributed by atoms with Crippen molar-refractivity contribution < 1.29 is 4.42 Å². The molecule has 2 rings (SSSR count). The van der Waals surface area contributed by atoms with E-state index in [9.17, 15) is 0 Å². The molecular weight excluding hydrogens is 226 g/mol. The Morgan fingerprint density at radius 2 is 2.22 bits per heavy atom. The molecule has 2 aromatic heterocycles. The van der Waals surface area contributed by atoms with Crippen LogP contribution in [0.3, 0.4) is 0 Å². The largest absolute Gasteiger partial charge is 0.468 e. The van der Waals surface area contributed by atoms with E-state index >= 15 is 0 Å². The van der Waals surface area contributed by atoms with Crippen LogP contribution in [-0.2, 0) is 13.1 Å². The Morgan fingerprint density at radius 1 is 1.28 bits per heavy atom. The second-order valence-electron chi connectivity index (χ2n) is 4.06. The summed E-state index contributed by atoms with van der Waals surface area (Å²) in [5, 5.41) is 8.69. The summed E-state index contributed by atoms with van der Waals surface area (Å²) in [6, 6.07) is 9.96. The molecule has 0 radical (unpaired) electrons. The lowest BCUT2D eigenvalue weighted by Crippen LogP contribution is -2.23. The SMILES string of the molecule is N#CCCN(Cc1cccnc1)Cc1ccco1. The van der Waals surface area contributed by atoms with Crippen LogP contribution >= 0.6 is 0 Å². The van der Waals surface area contributed by atoms with Gasteiger partial charge in [-0.15, -0.1) is 0 Å². The Hall–Kier alpha value is -2.12. The van der Waals surface area contributed by atoms with Crippen molar-refractivity contribution in [2.24, 2.45) is 0 Å². The number of nitrogens with zero attached hydrogens (tertiary/aromatic N) is 3. The van der Waals surface area contributed by atoms with E-state index in [4.69, 9.17) is 9.68 Å². The molecule has 0 atom stereocenters. The van der Waals surface area contributed by atoms with Crippen LogP contribution in [0.25, 0.3) is 0 Å². The summed E-state index contributed by atoms with van der Waals surface area (Å²) in [7, 11) is 0. The molecular formula is C14H15N3O. The van der Waals surface area contributed by atoms with Crippen molar-refractivity contribution in [2.45, 2.75) is 19.5 Å². The highest BCUT2D eigenvalue weighted by molar-refractivity contribution is 5.08. The van der Waals surface area contributed by atoms with Crippen molar-refractivity contribution in [1.82, 2.24) is 9.88 Å². The fourth-order valence-electron chi connectivity index (χ4n) is 1.79. The van der Waals surface area contributed by atoms with Gasteiger partial charge >= 0.3 is 0 Å². The molecule has 2 heterocycles. The molecule has 0 spiro atoms. The molecule has 0 N–H and O–H groups in total. The predicted octanol–water partition coefficient (Wildman–Crippen LogP) is 2.59. The highest BCUT2D eigenvalue weighted by Gasteiger charge is 2.08. The average molecular weight is 241 g/mol. The Bertz CT molecular complexity index is 488. The Balaban J connectivity index is 1.99. The number of hydrogen-bond acceptors (Lipinski definition) is 4. The van der Waals surface area contributed by atoms with Gasteiger partial charge in [0.05, 0.1) is 18.9 Å². The fraction of sp³-hybridized carbons (Fsp3) is 0.286. The van der Waals surface area contributed by atoms with E-state index in [0.29, 0.717) is 13.0 Å². The maximum Gasteiger partial charge on any atom is 0.117 e.